The minimum atomic E-state index is -0.0728. The highest BCUT2D eigenvalue weighted by molar-refractivity contribution is 6.32. The molecule has 0 aliphatic heterocycles. The topological polar surface area (TPSA) is 41.5 Å². The van der Waals surface area contributed by atoms with Gasteiger partial charge in [-0.3, -0.25) is 5.32 Å². The first-order chi connectivity index (χ1) is 13.0. The first kappa shape index (κ1) is 25.4. The zero-order valence-electron chi connectivity index (χ0n) is 16.8. The lowest BCUT2D eigenvalue weighted by molar-refractivity contribution is 0.217. The van der Waals surface area contributed by atoms with E-state index in [2.05, 4.69) is 25.2 Å². The van der Waals surface area contributed by atoms with Crippen molar-refractivity contribution in [3.63, 3.8) is 0 Å². The predicted molar refractivity (Wildman–Crippen MR) is 114 cm³/mol. The number of hydrogen-bond acceptors (Lipinski definition) is 3. The largest absolute Gasteiger partial charge is 0.489 e. The van der Waals surface area contributed by atoms with Crippen LogP contribution >= 0.6 is 11.6 Å². The van der Waals surface area contributed by atoms with Crippen molar-refractivity contribution >= 4 is 11.6 Å². The number of hydrogen-bond donors (Lipinski definition) is 2. The minimum Gasteiger partial charge on any atom is -0.489 e. The van der Waals surface area contributed by atoms with Crippen LogP contribution in [0.3, 0.4) is 0 Å². The molecule has 152 valence electrons. The Morgan fingerprint density at radius 3 is 2.59 bits per heavy atom. The summed E-state index contributed by atoms with van der Waals surface area (Å²) >= 11 is 6.08. The molecule has 2 N–H and O–H groups in total. The van der Waals surface area contributed by atoms with E-state index in [0.29, 0.717) is 17.9 Å². The van der Waals surface area contributed by atoms with E-state index in [1.807, 2.05) is 38.1 Å². The summed E-state index contributed by atoms with van der Waals surface area (Å²) in [7, 11) is 0. The van der Waals surface area contributed by atoms with Gasteiger partial charge in [0.2, 0.25) is 0 Å². The molecule has 1 unspecified atom stereocenters. The molecule has 1 atom stereocenters. The first-order valence-corrected chi connectivity index (χ1v) is 9.79. The van der Waals surface area contributed by atoms with Crippen LogP contribution < -0.4 is 10.1 Å². The minimum absolute atomic E-state index is 0.0728. The molecule has 0 saturated heterocycles. The number of aryl methyl sites for hydroxylation is 1. The Kier molecular flexibility index (Phi) is 15.6. The van der Waals surface area contributed by atoms with Gasteiger partial charge in [0.25, 0.3) is 0 Å². The summed E-state index contributed by atoms with van der Waals surface area (Å²) in [5.74, 6) is 0.790. The Bertz CT molecular complexity index is 600. The zero-order chi connectivity index (χ0) is 20.5. The molecule has 0 aliphatic rings. The van der Waals surface area contributed by atoms with Crippen LogP contribution in [0.5, 0.6) is 5.75 Å². The first-order valence-electron chi connectivity index (χ1n) is 9.41. The molecule has 0 bridgehead atoms. The van der Waals surface area contributed by atoms with Gasteiger partial charge < -0.3 is 9.84 Å². The van der Waals surface area contributed by atoms with Gasteiger partial charge in [0.1, 0.15) is 5.75 Å². The van der Waals surface area contributed by atoms with Crippen LogP contribution in [0, 0.1) is 0 Å². The van der Waals surface area contributed by atoms with Crippen molar-refractivity contribution in [2.45, 2.75) is 53.1 Å². The number of allylic oxidation sites excluding steroid dienone is 3. The summed E-state index contributed by atoms with van der Waals surface area (Å²) in [5.41, 5.74) is 2.18. The monoisotopic (exact) mass is 397 g/mol. The molecule has 1 rings (SSSR count). The van der Waals surface area contributed by atoms with Crippen LogP contribution in [0.1, 0.15) is 46.1 Å². The fourth-order valence-corrected chi connectivity index (χ4v) is 2.21. The molecule has 0 radical (unpaired) electrons. The van der Waals surface area contributed by atoms with Gasteiger partial charge in [-0.2, -0.15) is 0 Å². The highest BCUT2D eigenvalue weighted by Gasteiger charge is 2.05. The summed E-state index contributed by atoms with van der Waals surface area (Å²) in [6.07, 6.45) is 10.5. The second-order valence-corrected chi connectivity index (χ2v) is 6.32. The maximum atomic E-state index is 11.7. The Morgan fingerprint density at radius 2 is 2.07 bits per heavy atom. The Morgan fingerprint density at radius 1 is 1.33 bits per heavy atom. The molecule has 0 heterocycles. The molecule has 0 amide bonds. The van der Waals surface area contributed by atoms with E-state index in [4.69, 9.17) is 21.4 Å². The summed E-state index contributed by atoms with van der Waals surface area (Å²) in [6, 6.07) is 5.98. The number of aliphatic hydroxyl groups excluding tert-OH is 1. The summed E-state index contributed by atoms with van der Waals surface area (Å²) in [5, 5.41) is 12.0. The van der Waals surface area contributed by atoms with Crippen molar-refractivity contribution in [1.29, 1.82) is 0 Å². The molecule has 0 spiro atoms. The lowest BCUT2D eigenvalue weighted by Gasteiger charge is -2.14. The van der Waals surface area contributed by atoms with Crippen LogP contribution in [-0.4, -0.2) is 24.5 Å². The number of nitrogens with one attached hydrogen (secondary N) is 1. The maximum absolute atomic E-state index is 11.7. The molecule has 3 nitrogen and oxygen atoms in total. The average molecular weight is 398 g/mol. The van der Waals surface area contributed by atoms with E-state index in [1.165, 1.54) is 11.6 Å². The van der Waals surface area contributed by atoms with E-state index in [0.717, 1.165) is 30.6 Å². The Labute approximate surface area is 168 Å². The molecule has 0 aliphatic carbocycles. The van der Waals surface area contributed by atoms with Gasteiger partial charge in [-0.1, -0.05) is 56.7 Å². The van der Waals surface area contributed by atoms with Crippen LogP contribution in [0.15, 0.2) is 54.4 Å². The second kappa shape index (κ2) is 16.5. The van der Waals surface area contributed by atoms with Crippen LogP contribution in [0.4, 0.5) is 4.39 Å². The van der Waals surface area contributed by atoms with E-state index in [-0.39, 0.29) is 12.8 Å². The zero-order valence-corrected chi connectivity index (χ0v) is 17.6. The fourth-order valence-electron chi connectivity index (χ4n) is 1.96. The van der Waals surface area contributed by atoms with Gasteiger partial charge in [0.15, 0.2) is 0 Å². The normalized spacial score (nSPS) is 12.9. The molecule has 0 saturated carbocycles. The molecule has 5 heteroatoms. The lowest BCUT2D eigenvalue weighted by atomic mass is 10.2. The third-order valence-electron chi connectivity index (χ3n) is 3.70. The van der Waals surface area contributed by atoms with Crippen LogP contribution in [-0.2, 0) is 6.42 Å². The van der Waals surface area contributed by atoms with Crippen molar-refractivity contribution < 1.29 is 14.2 Å². The summed E-state index contributed by atoms with van der Waals surface area (Å²) in [6.45, 7) is 8.75. The van der Waals surface area contributed by atoms with Crippen LogP contribution in [0.2, 0.25) is 5.02 Å². The van der Waals surface area contributed by atoms with E-state index in [9.17, 15) is 4.39 Å². The molecule has 0 fully saturated rings. The van der Waals surface area contributed by atoms with Gasteiger partial charge in [-0.15, -0.1) is 0 Å². The van der Waals surface area contributed by atoms with Crippen molar-refractivity contribution in [3.8, 4) is 5.75 Å². The quantitative estimate of drug-likeness (QED) is 0.377. The van der Waals surface area contributed by atoms with Crippen molar-refractivity contribution in [1.82, 2.24) is 5.32 Å². The number of ether oxygens (including phenoxy) is 1. The third kappa shape index (κ3) is 12.4. The molecule has 1 aromatic rings. The third-order valence-corrected chi connectivity index (χ3v) is 3.99. The standard InChI is InChI=1S/C12H17ClO.C10H16FNO/c1-4-9(3)14-12-7-6-10(5-2)8-11(12)13;1-2-3-5-10(6-4-7-11)8-12-9-13/h6-9H,4-5H2,1-3H3;3-7,12-13H,2,8-9H2,1H3/b;5-3-,7-4+,10-6+. The molecule has 0 aromatic heterocycles. The van der Waals surface area contributed by atoms with E-state index in [1.54, 1.807) is 6.08 Å². The Balaban J connectivity index is 0.000000503. The number of benzene rings is 1. The molecular weight excluding hydrogens is 365 g/mol. The maximum Gasteiger partial charge on any atom is 0.138 e. The van der Waals surface area contributed by atoms with Gasteiger partial charge in [-0.05, 0) is 55.5 Å². The molecule has 1 aromatic carbocycles. The molecule has 27 heavy (non-hydrogen) atoms. The number of aliphatic hydroxyl groups is 1. The second-order valence-electron chi connectivity index (χ2n) is 5.91. The van der Waals surface area contributed by atoms with Crippen LogP contribution in [0.25, 0.3) is 0 Å². The number of rotatable bonds is 10. The summed E-state index contributed by atoms with van der Waals surface area (Å²) in [4.78, 5) is 0. The van der Waals surface area contributed by atoms with Gasteiger partial charge in [-0.25, -0.2) is 4.39 Å². The average Bonchev–Trinajstić information content (AvgIpc) is 2.69. The van der Waals surface area contributed by atoms with Crippen molar-refractivity contribution in [2.24, 2.45) is 0 Å². The SMILES string of the molecule is CC\C=C/C(=C\C=C\F)CNCO.CCc1ccc(OC(C)CC)c(Cl)c1. The highest BCUT2D eigenvalue weighted by atomic mass is 35.5. The predicted octanol–water partition coefficient (Wildman–Crippen LogP) is 5.98. The Hall–Kier alpha value is -1.62. The van der Waals surface area contributed by atoms with Crippen molar-refractivity contribution in [2.75, 3.05) is 13.3 Å². The lowest BCUT2D eigenvalue weighted by Crippen LogP contribution is -2.17. The van der Waals surface area contributed by atoms with E-state index >= 15 is 0 Å². The van der Waals surface area contributed by atoms with Gasteiger partial charge >= 0.3 is 0 Å². The van der Waals surface area contributed by atoms with Crippen molar-refractivity contribution in [3.05, 3.63) is 65.0 Å². The highest BCUT2D eigenvalue weighted by Crippen LogP contribution is 2.26. The number of halogens is 2. The summed E-state index contributed by atoms with van der Waals surface area (Å²) < 4.78 is 17.3. The van der Waals surface area contributed by atoms with Gasteiger partial charge in [0, 0.05) is 6.54 Å². The van der Waals surface area contributed by atoms with E-state index < -0.39 is 0 Å². The fraction of sp³-hybridized carbons (Fsp3) is 0.455. The smallest absolute Gasteiger partial charge is 0.138 e. The van der Waals surface area contributed by atoms with Gasteiger partial charge in [0.05, 0.1) is 24.2 Å². The molecular formula is C22H33ClFNO2.